The van der Waals surface area contributed by atoms with Gasteiger partial charge in [-0.1, -0.05) is 32.9 Å². The first kappa shape index (κ1) is 15.4. The minimum atomic E-state index is -2.55. The van der Waals surface area contributed by atoms with Crippen LogP contribution in [-0.4, -0.2) is 12.5 Å². The number of halogens is 2. The average molecular weight is 281 g/mol. The molecule has 0 aliphatic heterocycles. The maximum atomic E-state index is 13.4. The lowest BCUT2D eigenvalue weighted by Gasteiger charge is -2.48. The molecular formula is C17H25F2N. The van der Waals surface area contributed by atoms with E-state index in [1.807, 2.05) is 13.8 Å². The molecule has 2 N–H and O–H groups in total. The SMILES string of the molecule is Cc1cc(C(C)(C)C)cc(C)c1C1(CN)CC(F)(F)C1. The van der Waals surface area contributed by atoms with E-state index in [4.69, 9.17) is 5.73 Å². The van der Waals surface area contributed by atoms with Crippen LogP contribution in [-0.2, 0) is 10.8 Å². The minimum absolute atomic E-state index is 0.0630. The molecule has 0 amide bonds. The molecule has 0 radical (unpaired) electrons. The van der Waals surface area contributed by atoms with Crippen molar-refractivity contribution in [3.63, 3.8) is 0 Å². The third kappa shape index (κ3) is 2.48. The Hall–Kier alpha value is -0.960. The van der Waals surface area contributed by atoms with E-state index in [2.05, 4.69) is 32.9 Å². The van der Waals surface area contributed by atoms with Crippen molar-refractivity contribution in [3.05, 3.63) is 34.4 Å². The van der Waals surface area contributed by atoms with Gasteiger partial charge >= 0.3 is 0 Å². The number of rotatable bonds is 2. The fourth-order valence-electron chi connectivity index (χ4n) is 3.59. The first-order chi connectivity index (χ1) is 9.01. The lowest BCUT2D eigenvalue weighted by molar-refractivity contribution is -0.124. The number of alkyl halides is 2. The minimum Gasteiger partial charge on any atom is -0.330 e. The van der Waals surface area contributed by atoms with Crippen LogP contribution in [0.5, 0.6) is 0 Å². The smallest absolute Gasteiger partial charge is 0.250 e. The van der Waals surface area contributed by atoms with Crippen molar-refractivity contribution in [1.82, 2.24) is 0 Å². The highest BCUT2D eigenvalue weighted by molar-refractivity contribution is 5.47. The number of benzene rings is 1. The number of hydrogen-bond acceptors (Lipinski definition) is 1. The van der Waals surface area contributed by atoms with Gasteiger partial charge in [-0.2, -0.15) is 0 Å². The Morgan fingerprint density at radius 1 is 1.10 bits per heavy atom. The van der Waals surface area contributed by atoms with Crippen molar-refractivity contribution < 1.29 is 8.78 Å². The van der Waals surface area contributed by atoms with Crippen LogP contribution in [0.25, 0.3) is 0 Å². The molecule has 112 valence electrons. The van der Waals surface area contributed by atoms with E-state index in [1.165, 1.54) is 5.56 Å². The summed E-state index contributed by atoms with van der Waals surface area (Å²) in [6.07, 6.45) is -0.236. The van der Waals surface area contributed by atoms with Crippen LogP contribution in [0.1, 0.15) is 55.9 Å². The largest absolute Gasteiger partial charge is 0.330 e. The van der Waals surface area contributed by atoms with Crippen molar-refractivity contribution in [2.75, 3.05) is 6.54 Å². The van der Waals surface area contributed by atoms with E-state index in [0.29, 0.717) is 6.54 Å². The van der Waals surface area contributed by atoms with Crippen LogP contribution >= 0.6 is 0 Å². The van der Waals surface area contributed by atoms with Gasteiger partial charge in [-0.05, 0) is 41.5 Å². The van der Waals surface area contributed by atoms with Gasteiger partial charge in [-0.15, -0.1) is 0 Å². The van der Waals surface area contributed by atoms with Gasteiger partial charge in [0.1, 0.15) is 0 Å². The molecule has 1 aromatic carbocycles. The number of aryl methyl sites for hydroxylation is 2. The van der Waals surface area contributed by atoms with E-state index >= 15 is 0 Å². The molecule has 1 aliphatic carbocycles. The number of hydrogen-bond donors (Lipinski definition) is 1. The first-order valence-corrected chi connectivity index (χ1v) is 7.21. The van der Waals surface area contributed by atoms with Crippen molar-refractivity contribution in [3.8, 4) is 0 Å². The van der Waals surface area contributed by atoms with Crippen molar-refractivity contribution in [2.45, 2.75) is 64.2 Å². The topological polar surface area (TPSA) is 26.0 Å². The fraction of sp³-hybridized carbons (Fsp3) is 0.647. The van der Waals surface area contributed by atoms with E-state index in [-0.39, 0.29) is 18.3 Å². The second kappa shape index (κ2) is 4.52. The Labute approximate surface area is 120 Å². The molecule has 1 aromatic rings. The Balaban J connectivity index is 2.49. The number of nitrogens with two attached hydrogens (primary N) is 1. The van der Waals surface area contributed by atoms with E-state index < -0.39 is 11.3 Å². The quantitative estimate of drug-likeness (QED) is 0.862. The van der Waals surface area contributed by atoms with Crippen LogP contribution in [0.3, 0.4) is 0 Å². The normalized spacial score (nSPS) is 20.6. The van der Waals surface area contributed by atoms with E-state index in [9.17, 15) is 8.78 Å². The summed E-state index contributed by atoms with van der Waals surface area (Å²) in [6, 6.07) is 4.27. The Morgan fingerprint density at radius 2 is 1.55 bits per heavy atom. The van der Waals surface area contributed by atoms with Gasteiger partial charge in [-0.25, -0.2) is 8.78 Å². The summed E-state index contributed by atoms with van der Waals surface area (Å²) in [7, 11) is 0. The van der Waals surface area contributed by atoms with Crippen molar-refractivity contribution in [2.24, 2.45) is 5.73 Å². The van der Waals surface area contributed by atoms with Crippen molar-refractivity contribution >= 4 is 0 Å². The van der Waals surface area contributed by atoms with E-state index in [0.717, 1.165) is 16.7 Å². The molecule has 0 atom stereocenters. The molecule has 1 aliphatic rings. The van der Waals surface area contributed by atoms with Gasteiger partial charge in [0.15, 0.2) is 0 Å². The third-order valence-corrected chi connectivity index (χ3v) is 4.51. The summed E-state index contributed by atoms with van der Waals surface area (Å²) in [6.45, 7) is 10.8. The van der Waals surface area contributed by atoms with Crippen LogP contribution in [0, 0.1) is 13.8 Å². The highest BCUT2D eigenvalue weighted by Gasteiger charge is 2.57. The lowest BCUT2D eigenvalue weighted by atomic mass is 9.60. The summed E-state index contributed by atoms with van der Waals surface area (Å²) in [5, 5.41) is 0. The van der Waals surface area contributed by atoms with Gasteiger partial charge in [0.05, 0.1) is 0 Å². The highest BCUT2D eigenvalue weighted by Crippen LogP contribution is 2.54. The Kier molecular flexibility index (Phi) is 3.49. The second-order valence-electron chi connectivity index (χ2n) is 7.43. The molecule has 0 bridgehead atoms. The summed E-state index contributed by atoms with van der Waals surface area (Å²) in [4.78, 5) is 0. The zero-order valence-corrected chi connectivity index (χ0v) is 13.1. The summed E-state index contributed by atoms with van der Waals surface area (Å²) in [5.74, 6) is -2.55. The molecular weight excluding hydrogens is 256 g/mol. The van der Waals surface area contributed by atoms with Crippen molar-refractivity contribution in [1.29, 1.82) is 0 Å². The van der Waals surface area contributed by atoms with Crippen LogP contribution in [0.2, 0.25) is 0 Å². The van der Waals surface area contributed by atoms with Gasteiger partial charge in [0, 0.05) is 24.8 Å². The van der Waals surface area contributed by atoms with Gasteiger partial charge < -0.3 is 5.73 Å². The molecule has 0 heterocycles. The molecule has 20 heavy (non-hydrogen) atoms. The predicted molar refractivity (Wildman–Crippen MR) is 79.5 cm³/mol. The summed E-state index contributed by atoms with van der Waals surface area (Å²) < 4.78 is 26.8. The molecule has 1 nitrogen and oxygen atoms in total. The molecule has 0 unspecified atom stereocenters. The van der Waals surface area contributed by atoms with Gasteiger partial charge in [0.25, 0.3) is 0 Å². The zero-order chi connectivity index (χ0) is 15.3. The van der Waals surface area contributed by atoms with Crippen LogP contribution < -0.4 is 5.73 Å². The molecule has 0 aromatic heterocycles. The summed E-state index contributed by atoms with van der Waals surface area (Å²) >= 11 is 0. The Bertz CT molecular complexity index is 495. The monoisotopic (exact) mass is 281 g/mol. The fourth-order valence-corrected chi connectivity index (χ4v) is 3.59. The molecule has 0 spiro atoms. The second-order valence-corrected chi connectivity index (χ2v) is 7.43. The molecule has 2 rings (SSSR count). The van der Waals surface area contributed by atoms with Gasteiger partial charge in [0.2, 0.25) is 5.92 Å². The maximum absolute atomic E-state index is 13.4. The molecule has 0 saturated heterocycles. The summed E-state index contributed by atoms with van der Waals surface area (Å²) in [5.41, 5.74) is 9.85. The van der Waals surface area contributed by atoms with E-state index in [1.54, 1.807) is 0 Å². The Morgan fingerprint density at radius 3 is 1.85 bits per heavy atom. The lowest BCUT2D eigenvalue weighted by Crippen LogP contribution is -2.54. The maximum Gasteiger partial charge on any atom is 0.250 e. The average Bonchev–Trinajstić information content (AvgIpc) is 2.23. The molecule has 1 saturated carbocycles. The molecule has 3 heteroatoms. The third-order valence-electron chi connectivity index (χ3n) is 4.51. The highest BCUT2D eigenvalue weighted by atomic mass is 19.3. The zero-order valence-electron chi connectivity index (χ0n) is 13.1. The van der Waals surface area contributed by atoms with Crippen LogP contribution in [0.15, 0.2) is 12.1 Å². The standard InChI is InChI=1S/C17H25F2N/c1-11-6-13(15(3,4)5)7-12(2)14(11)16(10-20)8-17(18,19)9-16/h6-7H,8-10,20H2,1-5H3. The van der Waals surface area contributed by atoms with Crippen LogP contribution in [0.4, 0.5) is 8.78 Å². The predicted octanol–water partition coefficient (Wildman–Crippen LogP) is 4.23. The van der Waals surface area contributed by atoms with Gasteiger partial charge in [-0.3, -0.25) is 0 Å². The first-order valence-electron chi connectivity index (χ1n) is 7.21. The molecule has 1 fully saturated rings.